The first-order valence-electron chi connectivity index (χ1n) is 8.92. The fourth-order valence-corrected chi connectivity index (χ4v) is 5.10. The second kappa shape index (κ2) is 7.23. The zero-order valence-electron chi connectivity index (χ0n) is 14.3. The van der Waals surface area contributed by atoms with Crippen LogP contribution in [0.2, 0.25) is 0 Å². The van der Waals surface area contributed by atoms with Crippen LogP contribution in [0.1, 0.15) is 50.2 Å². The molecule has 1 aromatic rings. The number of nitrogens with zero attached hydrogens (tertiary/aromatic N) is 2. The Kier molecular flexibility index (Phi) is 5.25. The van der Waals surface area contributed by atoms with Gasteiger partial charge in [-0.15, -0.1) is 0 Å². The van der Waals surface area contributed by atoms with Crippen LogP contribution in [0.5, 0.6) is 0 Å². The van der Waals surface area contributed by atoms with Crippen molar-refractivity contribution >= 4 is 15.9 Å². The Labute approximate surface area is 144 Å². The van der Waals surface area contributed by atoms with Gasteiger partial charge in [0.25, 0.3) is 0 Å². The topological polar surface area (TPSA) is 57.7 Å². The van der Waals surface area contributed by atoms with Crippen molar-refractivity contribution in [3.8, 4) is 0 Å². The molecule has 1 saturated heterocycles. The summed E-state index contributed by atoms with van der Waals surface area (Å²) in [5.74, 6) is 0.160. The van der Waals surface area contributed by atoms with Gasteiger partial charge in [0.1, 0.15) is 0 Å². The summed E-state index contributed by atoms with van der Waals surface area (Å²) in [6, 6.07) is 5.44. The van der Waals surface area contributed by atoms with Crippen molar-refractivity contribution in [1.29, 1.82) is 0 Å². The lowest BCUT2D eigenvalue weighted by Gasteiger charge is -2.30. The van der Waals surface area contributed by atoms with Gasteiger partial charge < -0.3 is 4.90 Å². The van der Waals surface area contributed by atoms with E-state index in [2.05, 4.69) is 0 Å². The highest BCUT2D eigenvalue weighted by Gasteiger charge is 2.28. The molecular formula is C18H26N2O3S. The van der Waals surface area contributed by atoms with Crippen molar-refractivity contribution in [1.82, 2.24) is 9.21 Å². The number of sulfonamides is 1. The molecule has 0 bridgehead atoms. The van der Waals surface area contributed by atoms with Gasteiger partial charge in [-0.3, -0.25) is 4.79 Å². The van der Waals surface area contributed by atoms with E-state index in [-0.39, 0.29) is 5.91 Å². The van der Waals surface area contributed by atoms with Gasteiger partial charge >= 0.3 is 0 Å². The number of piperidine rings is 1. The number of hydrogen-bond donors (Lipinski definition) is 0. The smallest absolute Gasteiger partial charge is 0.243 e. The maximum atomic E-state index is 12.8. The van der Waals surface area contributed by atoms with E-state index in [1.807, 2.05) is 17.9 Å². The van der Waals surface area contributed by atoms with Gasteiger partial charge in [0.15, 0.2) is 0 Å². The van der Waals surface area contributed by atoms with Gasteiger partial charge in [0, 0.05) is 32.6 Å². The van der Waals surface area contributed by atoms with Crippen LogP contribution in [0.4, 0.5) is 0 Å². The molecule has 24 heavy (non-hydrogen) atoms. The summed E-state index contributed by atoms with van der Waals surface area (Å²) >= 11 is 0. The van der Waals surface area contributed by atoms with Crippen LogP contribution < -0.4 is 0 Å². The molecule has 0 spiro atoms. The van der Waals surface area contributed by atoms with Gasteiger partial charge in [-0.05, 0) is 48.9 Å². The SMILES string of the molecule is CCCC(=O)N1CCc2ccc(S(=O)(=O)N3CCCCC3)cc2C1. The molecule has 132 valence electrons. The Hall–Kier alpha value is -1.40. The standard InChI is InChI=1S/C18H26N2O3S/c1-2-6-18(21)19-12-9-15-7-8-17(13-16(15)14-19)24(22,23)20-10-4-3-5-11-20/h7-8,13H,2-6,9-12,14H2,1H3. The predicted molar refractivity (Wildman–Crippen MR) is 93.1 cm³/mol. The molecule has 2 aliphatic heterocycles. The summed E-state index contributed by atoms with van der Waals surface area (Å²) in [7, 11) is -3.41. The summed E-state index contributed by atoms with van der Waals surface area (Å²) in [5, 5.41) is 0. The highest BCUT2D eigenvalue weighted by atomic mass is 32.2. The molecule has 1 amide bonds. The molecule has 5 nitrogen and oxygen atoms in total. The summed E-state index contributed by atoms with van der Waals surface area (Å²) in [5.41, 5.74) is 2.14. The molecule has 3 rings (SSSR count). The Morgan fingerprint density at radius 2 is 1.83 bits per heavy atom. The Balaban J connectivity index is 1.83. The molecule has 6 heteroatoms. The number of carbonyl (C=O) groups is 1. The van der Waals surface area contributed by atoms with Gasteiger partial charge in [-0.1, -0.05) is 19.4 Å². The number of carbonyl (C=O) groups excluding carboxylic acids is 1. The summed E-state index contributed by atoms with van der Waals surface area (Å²) in [6.45, 7) is 4.47. The van der Waals surface area contributed by atoms with Crippen LogP contribution in [0.25, 0.3) is 0 Å². The van der Waals surface area contributed by atoms with Crippen LogP contribution >= 0.6 is 0 Å². The van der Waals surface area contributed by atoms with Crippen molar-refractivity contribution < 1.29 is 13.2 Å². The number of hydrogen-bond acceptors (Lipinski definition) is 3. The third-order valence-corrected chi connectivity index (χ3v) is 6.85. The first kappa shape index (κ1) is 17.4. The summed E-state index contributed by atoms with van der Waals surface area (Å²) in [6.07, 6.45) is 5.17. The largest absolute Gasteiger partial charge is 0.338 e. The maximum Gasteiger partial charge on any atom is 0.243 e. The van der Waals surface area contributed by atoms with Crippen molar-refractivity contribution in [2.45, 2.75) is 56.9 Å². The minimum atomic E-state index is -3.41. The number of benzene rings is 1. The average molecular weight is 350 g/mol. The molecule has 0 atom stereocenters. The van der Waals surface area contributed by atoms with E-state index in [1.165, 1.54) is 0 Å². The van der Waals surface area contributed by atoms with Gasteiger partial charge in [-0.25, -0.2) is 8.42 Å². The lowest BCUT2D eigenvalue weighted by atomic mass is 9.99. The molecule has 0 aromatic heterocycles. The van der Waals surface area contributed by atoms with Crippen LogP contribution in [-0.2, 0) is 27.8 Å². The average Bonchev–Trinajstić information content (AvgIpc) is 2.61. The molecule has 0 unspecified atom stereocenters. The monoisotopic (exact) mass is 350 g/mol. The fraction of sp³-hybridized carbons (Fsp3) is 0.611. The third-order valence-electron chi connectivity index (χ3n) is 4.96. The van der Waals surface area contributed by atoms with Crippen LogP contribution in [0, 0.1) is 0 Å². The minimum absolute atomic E-state index is 0.160. The quantitative estimate of drug-likeness (QED) is 0.838. The second-order valence-electron chi connectivity index (χ2n) is 6.71. The minimum Gasteiger partial charge on any atom is -0.338 e. The van der Waals surface area contributed by atoms with E-state index in [4.69, 9.17) is 0 Å². The second-order valence-corrected chi connectivity index (χ2v) is 8.65. The number of fused-ring (bicyclic) bond motifs is 1. The van der Waals surface area contributed by atoms with Gasteiger partial charge in [0.2, 0.25) is 15.9 Å². The fourth-order valence-electron chi connectivity index (χ4n) is 3.53. The first-order chi connectivity index (χ1) is 11.5. The molecule has 1 fully saturated rings. The number of amides is 1. The van der Waals surface area contributed by atoms with E-state index in [0.717, 1.165) is 49.8 Å². The molecule has 1 aromatic carbocycles. The van der Waals surface area contributed by atoms with E-state index < -0.39 is 10.0 Å². The van der Waals surface area contributed by atoms with E-state index >= 15 is 0 Å². The van der Waals surface area contributed by atoms with E-state index in [9.17, 15) is 13.2 Å². The first-order valence-corrected chi connectivity index (χ1v) is 10.4. The molecular weight excluding hydrogens is 324 g/mol. The normalized spacial score (nSPS) is 19.1. The predicted octanol–water partition coefficient (Wildman–Crippen LogP) is 2.55. The maximum absolute atomic E-state index is 12.8. The Morgan fingerprint density at radius 1 is 1.08 bits per heavy atom. The van der Waals surface area contributed by atoms with Gasteiger partial charge in [-0.2, -0.15) is 4.31 Å². The lowest BCUT2D eigenvalue weighted by molar-refractivity contribution is -0.132. The highest BCUT2D eigenvalue weighted by Crippen LogP contribution is 2.26. The zero-order chi connectivity index (χ0) is 17.2. The molecule has 0 radical (unpaired) electrons. The third kappa shape index (κ3) is 3.49. The number of rotatable bonds is 4. The van der Waals surface area contributed by atoms with Crippen LogP contribution in [0.15, 0.2) is 23.1 Å². The van der Waals surface area contributed by atoms with Gasteiger partial charge in [0.05, 0.1) is 4.90 Å². The van der Waals surface area contributed by atoms with Crippen molar-refractivity contribution in [3.63, 3.8) is 0 Å². The summed E-state index contributed by atoms with van der Waals surface area (Å²) < 4.78 is 27.3. The lowest BCUT2D eigenvalue weighted by Crippen LogP contribution is -2.37. The molecule has 0 saturated carbocycles. The van der Waals surface area contributed by atoms with Crippen molar-refractivity contribution in [2.24, 2.45) is 0 Å². The molecule has 0 N–H and O–H groups in total. The zero-order valence-corrected chi connectivity index (χ0v) is 15.1. The Morgan fingerprint density at radius 3 is 2.54 bits per heavy atom. The highest BCUT2D eigenvalue weighted by molar-refractivity contribution is 7.89. The Bertz CT molecular complexity index is 709. The van der Waals surface area contributed by atoms with E-state index in [1.54, 1.807) is 16.4 Å². The van der Waals surface area contributed by atoms with Crippen LogP contribution in [0.3, 0.4) is 0 Å². The molecule has 2 aliphatic rings. The van der Waals surface area contributed by atoms with E-state index in [0.29, 0.717) is 31.0 Å². The molecule has 0 aliphatic carbocycles. The molecule has 2 heterocycles. The van der Waals surface area contributed by atoms with Crippen molar-refractivity contribution in [3.05, 3.63) is 29.3 Å². The van der Waals surface area contributed by atoms with Crippen molar-refractivity contribution in [2.75, 3.05) is 19.6 Å². The summed E-state index contributed by atoms with van der Waals surface area (Å²) in [4.78, 5) is 14.4. The van der Waals surface area contributed by atoms with Crippen LogP contribution in [-0.4, -0.2) is 43.2 Å².